The second kappa shape index (κ2) is 6.80. The molecule has 2 aromatic rings. The van der Waals surface area contributed by atoms with E-state index in [1.807, 2.05) is 6.07 Å². The monoisotopic (exact) mass is 324 g/mol. The van der Waals surface area contributed by atoms with Crippen LogP contribution in [0.2, 0.25) is 5.02 Å². The predicted octanol–water partition coefficient (Wildman–Crippen LogP) is 3.93. The van der Waals surface area contributed by atoms with Gasteiger partial charge < -0.3 is 10.4 Å². The molecule has 7 heteroatoms. The first kappa shape index (κ1) is 15.6. The second-order valence-corrected chi connectivity index (χ2v) is 5.75. The Morgan fingerprint density at radius 1 is 1.33 bits per heavy atom. The summed E-state index contributed by atoms with van der Waals surface area (Å²) in [4.78, 5) is 12.2. The minimum absolute atomic E-state index is 0.0281. The normalized spacial score (nSPS) is 10.4. The summed E-state index contributed by atoms with van der Waals surface area (Å²) in [5, 5.41) is 23.6. The highest BCUT2D eigenvalue weighted by atomic mass is 35.5. The Bertz CT molecular complexity index is 679. The fourth-order valence-corrected chi connectivity index (χ4v) is 2.99. The largest absolute Gasteiger partial charge is 0.392 e. The van der Waals surface area contributed by atoms with Gasteiger partial charge in [-0.1, -0.05) is 23.4 Å². The molecule has 5 nitrogen and oxygen atoms in total. The van der Waals surface area contributed by atoms with Gasteiger partial charge in [0.2, 0.25) is 0 Å². The van der Waals surface area contributed by atoms with Gasteiger partial charge in [-0.25, -0.2) is 0 Å². The number of nitrogens with zero attached hydrogens (tertiary/aromatic N) is 1. The van der Waals surface area contributed by atoms with Crippen LogP contribution in [0.1, 0.15) is 5.56 Å². The molecular formula is C14H13ClN2O3S. The van der Waals surface area contributed by atoms with E-state index in [0.717, 1.165) is 15.4 Å². The molecule has 2 rings (SSSR count). The number of benzene rings is 2. The number of rotatable bonds is 5. The molecule has 0 saturated carbocycles. The Kier molecular flexibility index (Phi) is 5.06. The van der Waals surface area contributed by atoms with E-state index in [-0.39, 0.29) is 12.3 Å². The molecule has 0 aliphatic carbocycles. The minimum atomic E-state index is -0.429. The minimum Gasteiger partial charge on any atom is -0.392 e. The fourth-order valence-electron chi connectivity index (χ4n) is 1.84. The molecule has 0 spiro atoms. The lowest BCUT2D eigenvalue weighted by molar-refractivity contribution is -0.384. The van der Waals surface area contributed by atoms with Crippen molar-refractivity contribution in [2.45, 2.75) is 16.4 Å². The first-order chi connectivity index (χ1) is 10.0. The highest BCUT2D eigenvalue weighted by Crippen LogP contribution is 2.36. The molecule has 0 atom stereocenters. The maximum atomic E-state index is 10.9. The van der Waals surface area contributed by atoms with E-state index in [2.05, 4.69) is 5.32 Å². The molecule has 0 aromatic heterocycles. The van der Waals surface area contributed by atoms with Crippen LogP contribution in [0.3, 0.4) is 0 Å². The number of anilines is 1. The second-order valence-electron chi connectivity index (χ2n) is 4.20. The van der Waals surface area contributed by atoms with Crippen molar-refractivity contribution in [3.63, 3.8) is 0 Å². The van der Waals surface area contributed by atoms with Crippen molar-refractivity contribution in [2.75, 3.05) is 12.4 Å². The topological polar surface area (TPSA) is 75.4 Å². The van der Waals surface area contributed by atoms with E-state index in [9.17, 15) is 15.2 Å². The molecular weight excluding hydrogens is 312 g/mol. The van der Waals surface area contributed by atoms with Gasteiger partial charge in [-0.2, -0.15) is 0 Å². The number of nitro groups is 1. The van der Waals surface area contributed by atoms with Crippen LogP contribution in [-0.4, -0.2) is 17.1 Å². The summed E-state index contributed by atoms with van der Waals surface area (Å²) >= 11 is 7.31. The predicted molar refractivity (Wildman–Crippen MR) is 84.1 cm³/mol. The number of halogens is 1. The van der Waals surface area contributed by atoms with Gasteiger partial charge in [0.25, 0.3) is 5.69 Å². The highest BCUT2D eigenvalue weighted by Gasteiger charge is 2.14. The quantitative estimate of drug-likeness (QED) is 0.643. The Balaban J connectivity index is 2.34. The van der Waals surface area contributed by atoms with E-state index in [1.165, 1.54) is 17.8 Å². The number of nitro benzene ring substituents is 1. The Labute approximate surface area is 131 Å². The number of nitrogens with one attached hydrogen (secondary N) is 1. The van der Waals surface area contributed by atoms with Gasteiger partial charge in [-0.15, -0.1) is 0 Å². The Hall–Kier alpha value is -1.76. The molecule has 21 heavy (non-hydrogen) atoms. The first-order valence-corrected chi connectivity index (χ1v) is 7.28. The third kappa shape index (κ3) is 3.66. The van der Waals surface area contributed by atoms with Crippen LogP contribution in [0.25, 0.3) is 0 Å². The van der Waals surface area contributed by atoms with Crippen molar-refractivity contribution in [2.24, 2.45) is 0 Å². The SMILES string of the molecule is CNc1cc(Sc2ccc(Cl)cc2CO)ccc1[N+](=O)[O-]. The van der Waals surface area contributed by atoms with Gasteiger partial charge in [-0.05, 0) is 35.9 Å². The lowest BCUT2D eigenvalue weighted by Crippen LogP contribution is -1.96. The Morgan fingerprint density at radius 3 is 2.71 bits per heavy atom. The summed E-state index contributed by atoms with van der Waals surface area (Å²) in [6.45, 7) is -0.116. The van der Waals surface area contributed by atoms with Gasteiger partial charge >= 0.3 is 0 Å². The van der Waals surface area contributed by atoms with E-state index < -0.39 is 4.92 Å². The van der Waals surface area contributed by atoms with Crippen molar-refractivity contribution in [3.8, 4) is 0 Å². The molecule has 0 unspecified atom stereocenters. The van der Waals surface area contributed by atoms with E-state index in [4.69, 9.17) is 11.6 Å². The van der Waals surface area contributed by atoms with Crippen LogP contribution in [-0.2, 0) is 6.61 Å². The highest BCUT2D eigenvalue weighted by molar-refractivity contribution is 7.99. The van der Waals surface area contributed by atoms with E-state index in [1.54, 1.807) is 31.3 Å². The van der Waals surface area contributed by atoms with E-state index >= 15 is 0 Å². The number of aliphatic hydroxyl groups is 1. The molecule has 2 N–H and O–H groups in total. The third-order valence-corrected chi connectivity index (χ3v) is 4.20. The molecule has 0 saturated heterocycles. The van der Waals surface area contributed by atoms with Crippen molar-refractivity contribution in [1.82, 2.24) is 0 Å². The fraction of sp³-hybridized carbons (Fsp3) is 0.143. The molecule has 0 heterocycles. The number of aliphatic hydroxyl groups excluding tert-OH is 1. The van der Waals surface area contributed by atoms with Crippen LogP contribution >= 0.6 is 23.4 Å². The molecule has 110 valence electrons. The lowest BCUT2D eigenvalue weighted by Gasteiger charge is -2.09. The molecule has 0 amide bonds. The molecule has 2 aromatic carbocycles. The van der Waals surface area contributed by atoms with Gasteiger partial charge in [0.05, 0.1) is 11.5 Å². The van der Waals surface area contributed by atoms with Crippen LogP contribution in [0.15, 0.2) is 46.2 Å². The third-order valence-electron chi connectivity index (χ3n) is 2.85. The van der Waals surface area contributed by atoms with Crippen molar-refractivity contribution in [1.29, 1.82) is 0 Å². The summed E-state index contributed by atoms with van der Waals surface area (Å²) in [5.74, 6) is 0. The lowest BCUT2D eigenvalue weighted by atomic mass is 10.2. The smallest absolute Gasteiger partial charge is 0.292 e. The van der Waals surface area contributed by atoms with Gasteiger partial charge in [0.1, 0.15) is 5.69 Å². The van der Waals surface area contributed by atoms with Crippen molar-refractivity contribution < 1.29 is 10.0 Å². The van der Waals surface area contributed by atoms with Gasteiger partial charge in [0, 0.05) is 27.9 Å². The summed E-state index contributed by atoms with van der Waals surface area (Å²) in [5.41, 5.74) is 1.20. The molecule has 0 fully saturated rings. The molecule has 0 radical (unpaired) electrons. The summed E-state index contributed by atoms with van der Waals surface area (Å²) < 4.78 is 0. The maximum absolute atomic E-state index is 10.9. The summed E-state index contributed by atoms with van der Waals surface area (Å²) in [6, 6.07) is 10.1. The number of hydrogen-bond donors (Lipinski definition) is 2. The molecule has 0 aliphatic rings. The summed E-state index contributed by atoms with van der Waals surface area (Å²) in [6.07, 6.45) is 0. The van der Waals surface area contributed by atoms with Gasteiger partial charge in [-0.3, -0.25) is 10.1 Å². The zero-order valence-corrected chi connectivity index (χ0v) is 12.7. The van der Waals surface area contributed by atoms with E-state index in [0.29, 0.717) is 10.7 Å². The van der Waals surface area contributed by atoms with Crippen molar-refractivity contribution >= 4 is 34.7 Å². The molecule has 0 bridgehead atoms. The molecule has 0 aliphatic heterocycles. The zero-order chi connectivity index (χ0) is 15.4. The maximum Gasteiger partial charge on any atom is 0.292 e. The van der Waals surface area contributed by atoms with Crippen LogP contribution in [0.4, 0.5) is 11.4 Å². The van der Waals surface area contributed by atoms with Crippen LogP contribution in [0, 0.1) is 10.1 Å². The van der Waals surface area contributed by atoms with Gasteiger partial charge in [0.15, 0.2) is 0 Å². The van der Waals surface area contributed by atoms with Crippen LogP contribution in [0.5, 0.6) is 0 Å². The summed E-state index contributed by atoms with van der Waals surface area (Å²) in [7, 11) is 1.64. The Morgan fingerprint density at radius 2 is 2.10 bits per heavy atom. The number of hydrogen-bond acceptors (Lipinski definition) is 5. The van der Waals surface area contributed by atoms with Crippen LogP contribution < -0.4 is 5.32 Å². The zero-order valence-electron chi connectivity index (χ0n) is 11.2. The average Bonchev–Trinajstić information content (AvgIpc) is 2.48. The van der Waals surface area contributed by atoms with Crippen molar-refractivity contribution in [3.05, 3.63) is 57.1 Å². The average molecular weight is 325 g/mol. The standard InChI is InChI=1S/C14H13ClN2O3S/c1-16-12-7-11(3-4-13(12)17(19)20)21-14-5-2-10(15)6-9(14)8-18/h2-7,16,18H,8H2,1H3. The first-order valence-electron chi connectivity index (χ1n) is 6.08.